The molecule has 0 radical (unpaired) electrons. The van der Waals surface area contributed by atoms with E-state index in [1.165, 1.54) is 5.01 Å². The van der Waals surface area contributed by atoms with E-state index >= 15 is 0 Å². The van der Waals surface area contributed by atoms with E-state index in [2.05, 4.69) is 4.90 Å². The van der Waals surface area contributed by atoms with Gasteiger partial charge >= 0.3 is 0 Å². The second kappa shape index (κ2) is 12.5. The normalized spacial score (nSPS) is 18.1. The number of benzene rings is 2. The lowest BCUT2D eigenvalue weighted by Gasteiger charge is -2.31. The maximum absolute atomic E-state index is 13.7. The van der Waals surface area contributed by atoms with Gasteiger partial charge in [0.15, 0.2) is 0 Å². The van der Waals surface area contributed by atoms with Crippen molar-refractivity contribution in [2.75, 3.05) is 53.0 Å². The average molecular weight is 527 g/mol. The van der Waals surface area contributed by atoms with Gasteiger partial charge in [-0.05, 0) is 23.8 Å². The summed E-state index contributed by atoms with van der Waals surface area (Å²) in [5.74, 6) is 0.260. The molecular weight excluding hydrogens is 492 g/mol. The standard InChI is InChI=1S/C28H35ClN4O4/c1-20(2)28(35)32(13-12-31-14-16-37-17-15-31)19-27(34)33-26(21-8-10-22(36-3)11-9-21)18-25(30-33)23-6-4-5-7-24(23)29/h4-11,20,26H,12-19H2,1-3H3/t26-/m0/s1. The van der Waals surface area contributed by atoms with Crippen molar-refractivity contribution in [3.8, 4) is 5.75 Å². The summed E-state index contributed by atoms with van der Waals surface area (Å²) in [6.45, 7) is 7.89. The molecule has 9 heteroatoms. The van der Waals surface area contributed by atoms with Crippen molar-refractivity contribution in [1.82, 2.24) is 14.8 Å². The number of ether oxygens (including phenoxy) is 2. The third kappa shape index (κ3) is 6.69. The highest BCUT2D eigenvalue weighted by Crippen LogP contribution is 2.35. The summed E-state index contributed by atoms with van der Waals surface area (Å²) in [6.07, 6.45) is 0.522. The van der Waals surface area contributed by atoms with Crippen molar-refractivity contribution in [3.63, 3.8) is 0 Å². The molecule has 2 amide bonds. The molecule has 1 atom stereocenters. The number of methoxy groups -OCH3 is 1. The number of hydrazone groups is 1. The molecule has 0 aliphatic carbocycles. The lowest BCUT2D eigenvalue weighted by atomic mass is 9.98. The molecule has 0 aromatic heterocycles. The van der Waals surface area contributed by atoms with Crippen molar-refractivity contribution in [3.05, 3.63) is 64.7 Å². The summed E-state index contributed by atoms with van der Waals surface area (Å²) < 4.78 is 10.7. The van der Waals surface area contributed by atoms with Crippen LogP contribution in [0.3, 0.4) is 0 Å². The zero-order chi connectivity index (χ0) is 26.4. The molecule has 2 heterocycles. The average Bonchev–Trinajstić information content (AvgIpc) is 3.37. The van der Waals surface area contributed by atoms with Crippen LogP contribution in [-0.4, -0.2) is 85.4 Å². The van der Waals surface area contributed by atoms with Crippen LogP contribution in [0.1, 0.15) is 37.4 Å². The molecule has 0 saturated carbocycles. The highest BCUT2D eigenvalue weighted by molar-refractivity contribution is 6.34. The van der Waals surface area contributed by atoms with E-state index in [1.807, 2.05) is 62.4 Å². The van der Waals surface area contributed by atoms with E-state index in [0.29, 0.717) is 37.7 Å². The minimum atomic E-state index is -0.306. The van der Waals surface area contributed by atoms with Gasteiger partial charge in [-0.15, -0.1) is 0 Å². The Morgan fingerprint density at radius 3 is 2.49 bits per heavy atom. The third-order valence-electron chi connectivity index (χ3n) is 6.77. The zero-order valence-corrected chi connectivity index (χ0v) is 22.5. The van der Waals surface area contributed by atoms with Gasteiger partial charge in [-0.25, -0.2) is 5.01 Å². The first-order valence-electron chi connectivity index (χ1n) is 12.7. The predicted octanol–water partition coefficient (Wildman–Crippen LogP) is 3.84. The van der Waals surface area contributed by atoms with E-state index in [4.69, 9.17) is 26.2 Å². The highest BCUT2D eigenvalue weighted by atomic mass is 35.5. The maximum Gasteiger partial charge on any atom is 0.262 e. The van der Waals surface area contributed by atoms with Crippen LogP contribution in [0.2, 0.25) is 5.02 Å². The fraction of sp³-hybridized carbons (Fsp3) is 0.464. The van der Waals surface area contributed by atoms with Gasteiger partial charge < -0.3 is 14.4 Å². The molecule has 0 unspecified atom stereocenters. The number of carbonyl (C=O) groups is 2. The first-order chi connectivity index (χ1) is 17.9. The van der Waals surface area contributed by atoms with Crippen LogP contribution in [0.15, 0.2) is 53.6 Å². The monoisotopic (exact) mass is 526 g/mol. The minimum Gasteiger partial charge on any atom is -0.497 e. The van der Waals surface area contributed by atoms with Gasteiger partial charge in [-0.2, -0.15) is 5.10 Å². The summed E-state index contributed by atoms with van der Waals surface area (Å²) in [5, 5.41) is 6.86. The van der Waals surface area contributed by atoms with Crippen molar-refractivity contribution in [2.45, 2.75) is 26.3 Å². The van der Waals surface area contributed by atoms with Crippen molar-refractivity contribution in [2.24, 2.45) is 11.0 Å². The molecule has 4 rings (SSSR count). The number of halogens is 1. The number of amides is 2. The molecule has 2 aromatic carbocycles. The fourth-order valence-corrected chi connectivity index (χ4v) is 4.88. The lowest BCUT2D eigenvalue weighted by molar-refractivity contribution is -0.143. The van der Waals surface area contributed by atoms with Crippen LogP contribution in [0.4, 0.5) is 0 Å². The lowest BCUT2D eigenvalue weighted by Crippen LogP contribution is -2.47. The van der Waals surface area contributed by atoms with Gasteiger partial charge in [-0.3, -0.25) is 14.5 Å². The van der Waals surface area contributed by atoms with Gasteiger partial charge in [0, 0.05) is 49.1 Å². The number of hydrogen-bond acceptors (Lipinski definition) is 6. The fourth-order valence-electron chi connectivity index (χ4n) is 4.64. The Morgan fingerprint density at radius 2 is 1.84 bits per heavy atom. The summed E-state index contributed by atoms with van der Waals surface area (Å²) in [4.78, 5) is 30.7. The van der Waals surface area contributed by atoms with Gasteiger partial charge in [0.1, 0.15) is 12.3 Å². The van der Waals surface area contributed by atoms with Gasteiger partial charge in [-0.1, -0.05) is 55.8 Å². The van der Waals surface area contributed by atoms with Crippen LogP contribution in [-0.2, 0) is 14.3 Å². The molecular formula is C28H35ClN4O4. The number of rotatable bonds is 9. The number of morpholine rings is 1. The van der Waals surface area contributed by atoms with E-state index in [0.717, 1.165) is 35.7 Å². The topological polar surface area (TPSA) is 74.7 Å². The van der Waals surface area contributed by atoms with Crippen LogP contribution >= 0.6 is 11.6 Å². The molecule has 198 valence electrons. The Morgan fingerprint density at radius 1 is 1.14 bits per heavy atom. The second-order valence-corrected chi connectivity index (χ2v) is 10.0. The molecule has 1 fully saturated rings. The molecule has 0 spiro atoms. The van der Waals surface area contributed by atoms with Crippen LogP contribution in [0.25, 0.3) is 0 Å². The number of nitrogens with zero attached hydrogens (tertiary/aromatic N) is 4. The maximum atomic E-state index is 13.7. The Balaban J connectivity index is 1.57. The molecule has 2 aliphatic heterocycles. The zero-order valence-electron chi connectivity index (χ0n) is 21.7. The molecule has 1 saturated heterocycles. The first-order valence-corrected chi connectivity index (χ1v) is 13.1. The van der Waals surface area contributed by atoms with Crippen LogP contribution in [0, 0.1) is 5.92 Å². The summed E-state index contributed by atoms with van der Waals surface area (Å²) in [7, 11) is 1.62. The summed E-state index contributed by atoms with van der Waals surface area (Å²) in [5.41, 5.74) is 2.49. The molecule has 8 nitrogen and oxygen atoms in total. The quantitative estimate of drug-likeness (QED) is 0.496. The molecule has 2 aromatic rings. The van der Waals surface area contributed by atoms with Gasteiger partial charge in [0.05, 0.1) is 32.1 Å². The Hall–Kier alpha value is -2.94. The van der Waals surface area contributed by atoms with E-state index in [9.17, 15) is 9.59 Å². The Kier molecular flexibility index (Phi) is 9.18. The Labute approximate surface area is 223 Å². The van der Waals surface area contributed by atoms with E-state index in [1.54, 1.807) is 12.0 Å². The van der Waals surface area contributed by atoms with E-state index < -0.39 is 0 Å². The second-order valence-electron chi connectivity index (χ2n) is 9.63. The summed E-state index contributed by atoms with van der Waals surface area (Å²) >= 11 is 6.47. The molecule has 2 aliphatic rings. The smallest absolute Gasteiger partial charge is 0.262 e. The molecule has 0 N–H and O–H groups in total. The Bertz CT molecular complexity index is 1120. The van der Waals surface area contributed by atoms with Crippen molar-refractivity contribution in [1.29, 1.82) is 0 Å². The number of hydrogen-bond donors (Lipinski definition) is 0. The molecule has 37 heavy (non-hydrogen) atoms. The summed E-state index contributed by atoms with van der Waals surface area (Å²) in [6, 6.07) is 14.9. The van der Waals surface area contributed by atoms with Gasteiger partial charge in [0.25, 0.3) is 5.91 Å². The van der Waals surface area contributed by atoms with Crippen molar-refractivity contribution < 1.29 is 19.1 Å². The largest absolute Gasteiger partial charge is 0.497 e. The van der Waals surface area contributed by atoms with Crippen LogP contribution in [0.5, 0.6) is 5.75 Å². The van der Waals surface area contributed by atoms with Crippen LogP contribution < -0.4 is 4.74 Å². The van der Waals surface area contributed by atoms with Crippen molar-refractivity contribution >= 4 is 29.1 Å². The van der Waals surface area contributed by atoms with Gasteiger partial charge in [0.2, 0.25) is 5.91 Å². The number of carbonyl (C=O) groups excluding carboxylic acids is 2. The minimum absolute atomic E-state index is 0.0344. The predicted molar refractivity (Wildman–Crippen MR) is 144 cm³/mol. The molecule has 0 bridgehead atoms. The highest BCUT2D eigenvalue weighted by Gasteiger charge is 2.35. The first kappa shape index (κ1) is 27.1. The van der Waals surface area contributed by atoms with E-state index in [-0.39, 0.29) is 30.3 Å². The third-order valence-corrected chi connectivity index (χ3v) is 7.10. The SMILES string of the molecule is COc1ccc([C@@H]2CC(c3ccccc3Cl)=NN2C(=O)CN(CCN2CCOCC2)C(=O)C(C)C)cc1.